The maximum atomic E-state index is 13.2. The molecular weight excluding hydrogens is 458 g/mol. The lowest BCUT2D eigenvalue weighted by molar-refractivity contribution is -0.125. The van der Waals surface area contributed by atoms with Gasteiger partial charge < -0.3 is 15.2 Å². The molecule has 4 rings (SSSR count). The fourth-order valence-electron chi connectivity index (χ4n) is 4.15. The van der Waals surface area contributed by atoms with Gasteiger partial charge in [-0.3, -0.25) is 9.69 Å². The SMILES string of the molecule is COC(=O)c1cn([C@H]2C[C@@H](C(=O)NCCc3cccc(Cl)c3)N(Cc3ccc(O)cc3)C2)nn1. The number of rotatable bonds is 8. The molecule has 1 fully saturated rings. The lowest BCUT2D eigenvalue weighted by Gasteiger charge is -2.23. The number of esters is 1. The van der Waals surface area contributed by atoms with Gasteiger partial charge >= 0.3 is 5.97 Å². The first-order valence-corrected chi connectivity index (χ1v) is 11.3. The van der Waals surface area contributed by atoms with Gasteiger partial charge in [-0.25, -0.2) is 9.48 Å². The molecule has 1 amide bonds. The Morgan fingerprint density at radius 2 is 2.00 bits per heavy atom. The molecule has 2 aromatic carbocycles. The number of aromatic hydroxyl groups is 1. The second-order valence-corrected chi connectivity index (χ2v) is 8.68. The van der Waals surface area contributed by atoms with Gasteiger partial charge in [0, 0.05) is 24.7 Å². The van der Waals surface area contributed by atoms with Gasteiger partial charge in [0.1, 0.15) is 5.75 Å². The number of benzene rings is 2. The van der Waals surface area contributed by atoms with E-state index in [1.807, 2.05) is 36.4 Å². The number of nitrogens with one attached hydrogen (secondary N) is 1. The number of carbonyl (C=O) groups excluding carboxylic acids is 2. The number of nitrogens with zero attached hydrogens (tertiary/aromatic N) is 4. The third kappa shape index (κ3) is 5.73. The van der Waals surface area contributed by atoms with Gasteiger partial charge in [0.15, 0.2) is 5.69 Å². The quantitative estimate of drug-likeness (QED) is 0.474. The molecule has 1 aliphatic rings. The molecule has 9 nitrogen and oxygen atoms in total. The lowest BCUT2D eigenvalue weighted by atomic mass is 10.1. The number of amides is 1. The number of methoxy groups -OCH3 is 1. The molecule has 0 bridgehead atoms. The second-order valence-electron chi connectivity index (χ2n) is 8.25. The Hall–Kier alpha value is -3.43. The minimum Gasteiger partial charge on any atom is -0.508 e. The van der Waals surface area contributed by atoms with Crippen LogP contribution in [-0.2, 0) is 22.5 Å². The molecule has 34 heavy (non-hydrogen) atoms. The monoisotopic (exact) mass is 483 g/mol. The van der Waals surface area contributed by atoms with Gasteiger partial charge in [-0.1, -0.05) is 41.1 Å². The van der Waals surface area contributed by atoms with E-state index in [1.54, 1.807) is 23.0 Å². The van der Waals surface area contributed by atoms with E-state index in [4.69, 9.17) is 16.3 Å². The lowest BCUT2D eigenvalue weighted by Crippen LogP contribution is -2.43. The van der Waals surface area contributed by atoms with Crippen molar-refractivity contribution in [2.75, 3.05) is 20.2 Å². The number of phenolic OH excluding ortho intramolecular Hbond substituents is 1. The van der Waals surface area contributed by atoms with Gasteiger partial charge in [0.25, 0.3) is 0 Å². The van der Waals surface area contributed by atoms with E-state index >= 15 is 0 Å². The van der Waals surface area contributed by atoms with E-state index < -0.39 is 5.97 Å². The summed E-state index contributed by atoms with van der Waals surface area (Å²) in [5, 5.41) is 21.3. The number of carbonyl (C=O) groups is 2. The second kappa shape index (κ2) is 10.7. The summed E-state index contributed by atoms with van der Waals surface area (Å²) in [6.45, 7) is 1.57. The number of phenols is 1. The molecule has 2 heterocycles. The average Bonchev–Trinajstić information content (AvgIpc) is 3.48. The highest BCUT2D eigenvalue weighted by Crippen LogP contribution is 2.29. The van der Waals surface area contributed by atoms with Crippen molar-refractivity contribution >= 4 is 23.5 Å². The van der Waals surface area contributed by atoms with Gasteiger partial charge in [-0.15, -0.1) is 5.10 Å². The van der Waals surface area contributed by atoms with Crippen molar-refractivity contribution in [2.45, 2.75) is 31.5 Å². The molecule has 10 heteroatoms. The Morgan fingerprint density at radius 1 is 1.21 bits per heavy atom. The number of ether oxygens (including phenoxy) is 1. The molecule has 1 aliphatic heterocycles. The first kappa shape index (κ1) is 23.7. The molecule has 0 unspecified atom stereocenters. The largest absolute Gasteiger partial charge is 0.508 e. The summed E-state index contributed by atoms with van der Waals surface area (Å²) in [6.07, 6.45) is 2.74. The minimum absolute atomic E-state index is 0.0726. The van der Waals surface area contributed by atoms with Crippen LogP contribution in [0.15, 0.2) is 54.7 Å². The Bertz CT molecular complexity index is 1150. The predicted molar refractivity (Wildman–Crippen MR) is 125 cm³/mol. The van der Waals surface area contributed by atoms with Gasteiger partial charge in [-0.05, 0) is 48.2 Å². The standard InChI is InChI=1S/C24H26ClN5O4/c1-34-24(33)21-15-30(28-27-21)19-12-22(29(14-19)13-17-5-7-20(31)8-6-17)23(32)26-10-9-16-3-2-4-18(25)11-16/h2-8,11,15,19,22,31H,9-10,12-14H2,1H3,(H,26,32)/t19-,22-/m0/s1. The zero-order valence-corrected chi connectivity index (χ0v) is 19.5. The highest BCUT2D eigenvalue weighted by molar-refractivity contribution is 6.30. The van der Waals surface area contributed by atoms with Crippen molar-refractivity contribution in [1.29, 1.82) is 0 Å². The number of halogens is 1. The summed E-state index contributed by atoms with van der Waals surface area (Å²) in [5.74, 6) is -0.437. The van der Waals surface area contributed by atoms with Crippen LogP contribution in [0, 0.1) is 0 Å². The highest BCUT2D eigenvalue weighted by Gasteiger charge is 2.38. The topological polar surface area (TPSA) is 110 Å². The first-order valence-electron chi connectivity index (χ1n) is 11.0. The molecule has 2 atom stereocenters. The summed E-state index contributed by atoms with van der Waals surface area (Å²) >= 11 is 6.05. The fourth-order valence-corrected chi connectivity index (χ4v) is 4.36. The number of hydrogen-bond acceptors (Lipinski definition) is 7. The van der Waals surface area contributed by atoms with Crippen LogP contribution in [0.3, 0.4) is 0 Å². The maximum absolute atomic E-state index is 13.2. The maximum Gasteiger partial charge on any atom is 0.360 e. The minimum atomic E-state index is -0.555. The molecular formula is C24H26ClN5O4. The van der Waals surface area contributed by atoms with E-state index in [0.29, 0.717) is 37.5 Å². The Labute approximate surface area is 202 Å². The molecule has 0 radical (unpaired) electrons. The molecule has 0 aliphatic carbocycles. The van der Waals surface area contributed by atoms with Crippen molar-refractivity contribution in [3.63, 3.8) is 0 Å². The van der Waals surface area contributed by atoms with Crippen LogP contribution >= 0.6 is 11.6 Å². The Kier molecular flexibility index (Phi) is 7.44. The van der Waals surface area contributed by atoms with Crippen LogP contribution in [0.25, 0.3) is 0 Å². The third-order valence-electron chi connectivity index (χ3n) is 5.89. The summed E-state index contributed by atoms with van der Waals surface area (Å²) in [5.41, 5.74) is 2.15. The van der Waals surface area contributed by atoms with Crippen molar-refractivity contribution < 1.29 is 19.4 Å². The van der Waals surface area contributed by atoms with Crippen LogP contribution in [-0.4, -0.2) is 63.1 Å². The van der Waals surface area contributed by atoms with Gasteiger partial charge in [0.05, 0.1) is 25.4 Å². The fraction of sp³-hybridized carbons (Fsp3) is 0.333. The third-order valence-corrected chi connectivity index (χ3v) is 6.12. The van der Waals surface area contributed by atoms with Crippen LogP contribution in [0.2, 0.25) is 5.02 Å². The first-order chi connectivity index (χ1) is 16.4. The normalized spacial score (nSPS) is 18.1. The molecule has 1 saturated heterocycles. The van der Waals surface area contributed by atoms with Crippen LogP contribution in [0.5, 0.6) is 5.75 Å². The predicted octanol–water partition coefficient (Wildman–Crippen LogP) is 2.60. The van der Waals surface area contributed by atoms with Crippen molar-refractivity contribution in [3.05, 3.63) is 76.6 Å². The molecule has 0 spiro atoms. The zero-order valence-electron chi connectivity index (χ0n) is 18.7. The van der Waals surface area contributed by atoms with E-state index in [0.717, 1.165) is 11.1 Å². The van der Waals surface area contributed by atoms with Crippen LogP contribution in [0.1, 0.15) is 34.1 Å². The van der Waals surface area contributed by atoms with E-state index in [2.05, 4.69) is 20.5 Å². The number of likely N-dealkylation sites (tertiary alicyclic amines) is 1. The van der Waals surface area contributed by atoms with Crippen molar-refractivity contribution in [1.82, 2.24) is 25.2 Å². The molecule has 1 aromatic heterocycles. The zero-order chi connectivity index (χ0) is 24.1. The Balaban J connectivity index is 1.45. The van der Waals surface area contributed by atoms with E-state index in [1.165, 1.54) is 7.11 Å². The van der Waals surface area contributed by atoms with E-state index in [9.17, 15) is 14.7 Å². The smallest absolute Gasteiger partial charge is 0.360 e. The average molecular weight is 484 g/mol. The molecule has 3 aromatic rings. The van der Waals surface area contributed by atoms with Crippen LogP contribution < -0.4 is 5.32 Å². The van der Waals surface area contributed by atoms with Crippen LogP contribution in [0.4, 0.5) is 0 Å². The van der Waals surface area contributed by atoms with Gasteiger partial charge in [0.2, 0.25) is 5.91 Å². The van der Waals surface area contributed by atoms with Crippen molar-refractivity contribution in [2.24, 2.45) is 0 Å². The Morgan fingerprint density at radius 3 is 2.74 bits per heavy atom. The molecule has 178 valence electrons. The van der Waals surface area contributed by atoms with Crippen molar-refractivity contribution in [3.8, 4) is 5.75 Å². The summed E-state index contributed by atoms with van der Waals surface area (Å²) in [4.78, 5) is 27.0. The van der Waals surface area contributed by atoms with Gasteiger partial charge in [-0.2, -0.15) is 0 Å². The molecule has 2 N–H and O–H groups in total. The number of aromatic nitrogens is 3. The van der Waals surface area contributed by atoms with E-state index in [-0.39, 0.29) is 29.4 Å². The summed E-state index contributed by atoms with van der Waals surface area (Å²) < 4.78 is 6.33. The summed E-state index contributed by atoms with van der Waals surface area (Å²) in [6, 6.07) is 14.0. The molecule has 0 saturated carbocycles. The number of hydrogen-bond donors (Lipinski definition) is 2. The summed E-state index contributed by atoms with van der Waals surface area (Å²) in [7, 11) is 1.29. The highest BCUT2D eigenvalue weighted by atomic mass is 35.5.